The first-order valence-corrected chi connectivity index (χ1v) is 8.17. The number of hydrogen-bond donors (Lipinski definition) is 2. The van der Waals surface area contributed by atoms with Crippen molar-refractivity contribution in [3.63, 3.8) is 0 Å². The molecule has 0 bridgehead atoms. The Hall–Kier alpha value is -2.09. The molecule has 0 spiro atoms. The second kappa shape index (κ2) is 7.96. The van der Waals surface area contributed by atoms with Crippen LogP contribution in [0.2, 0.25) is 0 Å². The quantitative estimate of drug-likeness (QED) is 0.665. The molecule has 0 radical (unpaired) electrons. The lowest BCUT2D eigenvalue weighted by molar-refractivity contribution is 0.255. The molecule has 0 saturated heterocycles. The standard InChI is InChI=1S/C18H25FN4/c1-12-6-13(2)8-16(7-12)23-18(21-3)22-11-15-9-14(10-20)4-5-17(15)19/h4-5,9,12-13,16H,6-8,11H2,1-3H3,(H2,21,22,23). The predicted octanol–water partition coefficient (Wildman–Crippen LogP) is 3.19. The molecule has 4 nitrogen and oxygen atoms in total. The van der Waals surface area contributed by atoms with E-state index in [-0.39, 0.29) is 5.82 Å². The highest BCUT2D eigenvalue weighted by molar-refractivity contribution is 5.80. The number of guanidine groups is 1. The summed E-state index contributed by atoms with van der Waals surface area (Å²) in [4.78, 5) is 4.23. The summed E-state index contributed by atoms with van der Waals surface area (Å²) in [6, 6.07) is 6.81. The Morgan fingerprint density at radius 3 is 2.61 bits per heavy atom. The summed E-state index contributed by atoms with van der Waals surface area (Å²) < 4.78 is 13.8. The molecule has 1 aromatic carbocycles. The number of nitrogens with one attached hydrogen (secondary N) is 2. The fraction of sp³-hybridized carbons (Fsp3) is 0.556. The summed E-state index contributed by atoms with van der Waals surface area (Å²) in [5, 5.41) is 15.5. The molecule has 2 rings (SSSR count). The van der Waals surface area contributed by atoms with Gasteiger partial charge in [0.15, 0.2) is 5.96 Å². The first-order chi connectivity index (χ1) is 11.0. The molecule has 0 aromatic heterocycles. The van der Waals surface area contributed by atoms with E-state index in [0.29, 0.717) is 41.5 Å². The molecular formula is C18H25FN4. The average molecular weight is 316 g/mol. The van der Waals surface area contributed by atoms with Gasteiger partial charge in [-0.25, -0.2) is 4.39 Å². The molecule has 1 fully saturated rings. The highest BCUT2D eigenvalue weighted by Gasteiger charge is 2.24. The van der Waals surface area contributed by atoms with Crippen LogP contribution in [0, 0.1) is 29.0 Å². The van der Waals surface area contributed by atoms with Crippen LogP contribution in [0.1, 0.15) is 44.2 Å². The van der Waals surface area contributed by atoms with Gasteiger partial charge in [-0.1, -0.05) is 13.8 Å². The van der Waals surface area contributed by atoms with Gasteiger partial charge in [0.25, 0.3) is 0 Å². The average Bonchev–Trinajstić information content (AvgIpc) is 2.51. The van der Waals surface area contributed by atoms with Crippen LogP contribution in [0.3, 0.4) is 0 Å². The molecule has 1 aromatic rings. The minimum absolute atomic E-state index is 0.304. The van der Waals surface area contributed by atoms with Crippen LogP contribution < -0.4 is 10.6 Å². The third-order valence-electron chi connectivity index (χ3n) is 4.36. The number of benzene rings is 1. The van der Waals surface area contributed by atoms with Gasteiger partial charge in [-0.15, -0.1) is 0 Å². The van der Waals surface area contributed by atoms with Crippen molar-refractivity contribution in [1.82, 2.24) is 10.6 Å². The minimum Gasteiger partial charge on any atom is -0.354 e. The summed E-state index contributed by atoms with van der Waals surface area (Å²) >= 11 is 0. The summed E-state index contributed by atoms with van der Waals surface area (Å²) in [6.45, 7) is 4.87. The van der Waals surface area contributed by atoms with Crippen molar-refractivity contribution in [2.24, 2.45) is 16.8 Å². The highest BCUT2D eigenvalue weighted by atomic mass is 19.1. The number of rotatable bonds is 3. The number of nitrogens with zero attached hydrogens (tertiary/aromatic N) is 2. The Labute approximate surface area is 137 Å². The van der Waals surface area contributed by atoms with E-state index in [9.17, 15) is 4.39 Å². The summed E-state index contributed by atoms with van der Waals surface area (Å²) in [5.41, 5.74) is 0.929. The second-order valence-corrected chi connectivity index (χ2v) is 6.60. The fourth-order valence-electron chi connectivity index (χ4n) is 3.41. The van der Waals surface area contributed by atoms with Crippen molar-refractivity contribution in [3.8, 4) is 6.07 Å². The van der Waals surface area contributed by atoms with E-state index >= 15 is 0 Å². The number of nitriles is 1. The van der Waals surface area contributed by atoms with Crippen LogP contribution in [0.25, 0.3) is 0 Å². The van der Waals surface area contributed by atoms with E-state index in [1.807, 2.05) is 6.07 Å². The molecule has 0 heterocycles. The largest absolute Gasteiger partial charge is 0.354 e. The summed E-state index contributed by atoms with van der Waals surface area (Å²) in [5.74, 6) is 1.78. The normalized spacial score (nSPS) is 24.8. The Balaban J connectivity index is 1.94. The molecule has 0 aliphatic heterocycles. The maximum Gasteiger partial charge on any atom is 0.191 e. The van der Waals surface area contributed by atoms with E-state index in [4.69, 9.17) is 5.26 Å². The van der Waals surface area contributed by atoms with E-state index < -0.39 is 0 Å². The Kier molecular flexibility index (Phi) is 5.97. The lowest BCUT2D eigenvalue weighted by atomic mass is 9.80. The van der Waals surface area contributed by atoms with Crippen molar-refractivity contribution in [1.29, 1.82) is 5.26 Å². The van der Waals surface area contributed by atoms with Gasteiger partial charge in [0, 0.05) is 25.2 Å². The van der Waals surface area contributed by atoms with Gasteiger partial charge in [0.1, 0.15) is 5.82 Å². The van der Waals surface area contributed by atoms with Crippen molar-refractivity contribution >= 4 is 5.96 Å². The number of aliphatic imine (C=N–C) groups is 1. The maximum absolute atomic E-state index is 13.8. The Morgan fingerprint density at radius 2 is 2.00 bits per heavy atom. The molecule has 124 valence electrons. The number of halogens is 1. The van der Waals surface area contributed by atoms with Crippen molar-refractivity contribution in [2.45, 2.75) is 45.7 Å². The monoisotopic (exact) mass is 316 g/mol. The zero-order valence-corrected chi connectivity index (χ0v) is 14.1. The SMILES string of the molecule is CN=C(NCc1cc(C#N)ccc1F)NC1CC(C)CC(C)C1. The lowest BCUT2D eigenvalue weighted by Gasteiger charge is -2.32. The van der Waals surface area contributed by atoms with E-state index in [1.54, 1.807) is 13.1 Å². The van der Waals surface area contributed by atoms with Gasteiger partial charge in [-0.3, -0.25) is 4.99 Å². The van der Waals surface area contributed by atoms with Gasteiger partial charge >= 0.3 is 0 Å². The molecule has 2 unspecified atom stereocenters. The van der Waals surface area contributed by atoms with Gasteiger partial charge < -0.3 is 10.6 Å². The Morgan fingerprint density at radius 1 is 1.30 bits per heavy atom. The van der Waals surface area contributed by atoms with Gasteiger partial charge in [-0.2, -0.15) is 5.26 Å². The van der Waals surface area contributed by atoms with Crippen molar-refractivity contribution in [3.05, 3.63) is 35.1 Å². The summed E-state index contributed by atoms with van der Waals surface area (Å²) in [7, 11) is 1.72. The van der Waals surface area contributed by atoms with Crippen LogP contribution >= 0.6 is 0 Å². The van der Waals surface area contributed by atoms with Crippen LogP contribution in [0.5, 0.6) is 0 Å². The maximum atomic E-state index is 13.8. The zero-order valence-electron chi connectivity index (χ0n) is 14.1. The van der Waals surface area contributed by atoms with Crippen LogP contribution in [-0.4, -0.2) is 19.0 Å². The molecule has 23 heavy (non-hydrogen) atoms. The topological polar surface area (TPSA) is 60.2 Å². The van der Waals surface area contributed by atoms with Crippen LogP contribution in [0.15, 0.2) is 23.2 Å². The van der Waals surface area contributed by atoms with Gasteiger partial charge in [0.2, 0.25) is 0 Å². The molecule has 2 atom stereocenters. The highest BCUT2D eigenvalue weighted by Crippen LogP contribution is 2.28. The van der Waals surface area contributed by atoms with Crippen molar-refractivity contribution < 1.29 is 4.39 Å². The van der Waals surface area contributed by atoms with E-state index in [0.717, 1.165) is 12.8 Å². The molecular weight excluding hydrogens is 291 g/mol. The first-order valence-electron chi connectivity index (χ1n) is 8.17. The first kappa shape index (κ1) is 17.3. The van der Waals surface area contributed by atoms with E-state index in [2.05, 4.69) is 29.5 Å². The van der Waals surface area contributed by atoms with Crippen molar-refractivity contribution in [2.75, 3.05) is 7.05 Å². The predicted molar refractivity (Wildman–Crippen MR) is 90.4 cm³/mol. The minimum atomic E-state index is -0.313. The van der Waals surface area contributed by atoms with Gasteiger partial charge in [0.05, 0.1) is 11.6 Å². The molecule has 0 amide bonds. The summed E-state index contributed by atoms with van der Waals surface area (Å²) in [6.07, 6.45) is 3.53. The second-order valence-electron chi connectivity index (χ2n) is 6.60. The number of hydrogen-bond acceptors (Lipinski definition) is 2. The molecule has 2 N–H and O–H groups in total. The zero-order chi connectivity index (χ0) is 16.8. The molecule has 5 heteroatoms. The van der Waals surface area contributed by atoms with Gasteiger partial charge in [-0.05, 0) is 49.3 Å². The smallest absolute Gasteiger partial charge is 0.191 e. The molecule has 1 aliphatic rings. The fourth-order valence-corrected chi connectivity index (χ4v) is 3.41. The van der Waals surface area contributed by atoms with Crippen LogP contribution in [-0.2, 0) is 6.54 Å². The molecule has 1 aliphatic carbocycles. The van der Waals surface area contributed by atoms with E-state index in [1.165, 1.54) is 18.6 Å². The van der Waals surface area contributed by atoms with Crippen LogP contribution in [0.4, 0.5) is 4.39 Å². The Bertz CT molecular complexity index is 596. The third kappa shape index (κ3) is 4.95. The lowest BCUT2D eigenvalue weighted by Crippen LogP contribution is -2.46. The third-order valence-corrected chi connectivity index (χ3v) is 4.36. The molecule has 1 saturated carbocycles.